The van der Waals surface area contributed by atoms with Gasteiger partial charge in [-0.15, -0.1) is 0 Å². The zero-order chi connectivity index (χ0) is 19.0. The fraction of sp³-hybridized carbons (Fsp3) is 0.174. The molecule has 0 saturated carbocycles. The van der Waals surface area contributed by atoms with Gasteiger partial charge in [0.25, 0.3) is 0 Å². The lowest BCUT2D eigenvalue weighted by Gasteiger charge is -2.16. The predicted molar refractivity (Wildman–Crippen MR) is 111 cm³/mol. The third kappa shape index (κ3) is 3.20. The number of nitrogens with zero attached hydrogens (tertiary/aromatic N) is 1. The number of anilines is 2. The molecule has 4 heteroatoms. The number of hydrogen-bond donors (Lipinski definition) is 2. The number of hydrogen-bond acceptors (Lipinski definition) is 4. The smallest absolute Gasteiger partial charge is 0.123 e. The Morgan fingerprint density at radius 1 is 0.926 bits per heavy atom. The van der Waals surface area contributed by atoms with E-state index in [9.17, 15) is 5.11 Å². The maximum atomic E-state index is 9.27. The van der Waals surface area contributed by atoms with Crippen LogP contribution in [0.15, 0.2) is 54.6 Å². The number of nitrogens with one attached hydrogen (secondary N) is 1. The summed E-state index contributed by atoms with van der Waals surface area (Å²) < 4.78 is 5.49. The van der Waals surface area contributed by atoms with E-state index < -0.39 is 0 Å². The van der Waals surface area contributed by atoms with Gasteiger partial charge in [-0.05, 0) is 54.8 Å². The Morgan fingerprint density at radius 2 is 1.67 bits per heavy atom. The zero-order valence-corrected chi connectivity index (χ0v) is 15.7. The largest absolute Gasteiger partial charge is 0.496 e. The van der Waals surface area contributed by atoms with Gasteiger partial charge in [-0.2, -0.15) is 0 Å². The Balaban J connectivity index is 1.96. The minimum Gasteiger partial charge on any atom is -0.496 e. The molecule has 3 aromatic carbocycles. The lowest BCUT2D eigenvalue weighted by molar-refractivity contribution is 0.282. The average Bonchev–Trinajstić information content (AvgIpc) is 2.68. The number of aliphatic hydroxyl groups excluding tert-OH is 1. The molecule has 0 fully saturated rings. The summed E-state index contributed by atoms with van der Waals surface area (Å²) in [7, 11) is 1.68. The van der Waals surface area contributed by atoms with Crippen molar-refractivity contribution in [3.05, 3.63) is 71.3 Å². The summed E-state index contributed by atoms with van der Waals surface area (Å²) in [6.07, 6.45) is 0. The van der Waals surface area contributed by atoms with Crippen LogP contribution in [0.3, 0.4) is 0 Å². The van der Waals surface area contributed by atoms with E-state index in [0.29, 0.717) is 0 Å². The van der Waals surface area contributed by atoms with Crippen LogP contribution in [0.5, 0.6) is 5.75 Å². The molecule has 27 heavy (non-hydrogen) atoms. The molecule has 4 nitrogen and oxygen atoms in total. The molecule has 136 valence electrons. The van der Waals surface area contributed by atoms with Gasteiger partial charge in [0.05, 0.1) is 30.4 Å². The summed E-state index contributed by atoms with van der Waals surface area (Å²) >= 11 is 0. The minimum absolute atomic E-state index is 0.0413. The highest BCUT2D eigenvalue weighted by atomic mass is 16.5. The van der Waals surface area contributed by atoms with Crippen LogP contribution in [0.1, 0.15) is 16.7 Å². The normalized spacial score (nSPS) is 11.1. The summed E-state index contributed by atoms with van der Waals surface area (Å²) in [5, 5.41) is 15.0. The number of pyridine rings is 1. The molecule has 0 aliphatic rings. The molecule has 4 rings (SSSR count). The second-order valence-corrected chi connectivity index (χ2v) is 6.83. The van der Waals surface area contributed by atoms with Gasteiger partial charge in [-0.1, -0.05) is 24.3 Å². The molecule has 0 aliphatic heterocycles. The van der Waals surface area contributed by atoms with Gasteiger partial charge in [0.2, 0.25) is 0 Å². The van der Waals surface area contributed by atoms with E-state index in [0.717, 1.165) is 50.1 Å². The Labute approximate surface area is 158 Å². The highest BCUT2D eigenvalue weighted by Gasteiger charge is 2.12. The SMILES string of the molecule is COc1cc2nc3cc(C)ccc3c(Nc3ccc(CO)cc3)c2cc1C. The lowest BCUT2D eigenvalue weighted by atomic mass is 10.0. The molecule has 2 N–H and O–H groups in total. The molecular weight excluding hydrogens is 336 g/mol. The molecule has 0 unspecified atom stereocenters. The van der Waals surface area contributed by atoms with Crippen LogP contribution in [0, 0.1) is 13.8 Å². The van der Waals surface area contributed by atoms with Gasteiger partial charge in [-0.3, -0.25) is 0 Å². The molecular formula is C23H22N2O2. The molecule has 4 aromatic rings. The van der Waals surface area contributed by atoms with Gasteiger partial charge in [0, 0.05) is 22.5 Å². The van der Waals surface area contributed by atoms with Crippen LogP contribution in [0.25, 0.3) is 21.8 Å². The first-order chi connectivity index (χ1) is 13.1. The van der Waals surface area contributed by atoms with Crippen molar-refractivity contribution < 1.29 is 9.84 Å². The number of fused-ring (bicyclic) bond motifs is 2. The third-order valence-corrected chi connectivity index (χ3v) is 4.85. The Kier molecular flexibility index (Phi) is 4.42. The Hall–Kier alpha value is -3.11. The molecule has 0 radical (unpaired) electrons. The third-order valence-electron chi connectivity index (χ3n) is 4.85. The fourth-order valence-corrected chi connectivity index (χ4v) is 3.38. The maximum Gasteiger partial charge on any atom is 0.123 e. The summed E-state index contributed by atoms with van der Waals surface area (Å²) in [5.41, 5.74) is 6.96. The van der Waals surface area contributed by atoms with Crippen LogP contribution >= 0.6 is 0 Å². The van der Waals surface area contributed by atoms with E-state index in [1.54, 1.807) is 7.11 Å². The highest BCUT2D eigenvalue weighted by Crippen LogP contribution is 2.36. The molecule has 0 spiro atoms. The monoisotopic (exact) mass is 358 g/mol. The van der Waals surface area contributed by atoms with Crippen molar-refractivity contribution in [3.63, 3.8) is 0 Å². The first kappa shape index (κ1) is 17.3. The van der Waals surface area contributed by atoms with Gasteiger partial charge in [0.15, 0.2) is 0 Å². The van der Waals surface area contributed by atoms with Crippen molar-refractivity contribution in [2.75, 3.05) is 12.4 Å². The minimum atomic E-state index is 0.0413. The number of aryl methyl sites for hydroxylation is 2. The van der Waals surface area contributed by atoms with Gasteiger partial charge in [-0.25, -0.2) is 4.98 Å². The van der Waals surface area contributed by atoms with Crippen LogP contribution in [-0.4, -0.2) is 17.2 Å². The van der Waals surface area contributed by atoms with Crippen molar-refractivity contribution in [2.24, 2.45) is 0 Å². The summed E-state index contributed by atoms with van der Waals surface area (Å²) in [6.45, 7) is 4.15. The number of aliphatic hydroxyl groups is 1. The van der Waals surface area contributed by atoms with Crippen LogP contribution in [0.2, 0.25) is 0 Å². The number of benzene rings is 3. The average molecular weight is 358 g/mol. The highest BCUT2D eigenvalue weighted by molar-refractivity contribution is 6.09. The van der Waals surface area contributed by atoms with Crippen molar-refractivity contribution in [1.29, 1.82) is 0 Å². The summed E-state index contributed by atoms with van der Waals surface area (Å²) in [5.74, 6) is 0.834. The molecule has 0 amide bonds. The van der Waals surface area contributed by atoms with E-state index in [-0.39, 0.29) is 6.61 Å². The van der Waals surface area contributed by atoms with Crippen LogP contribution < -0.4 is 10.1 Å². The molecule has 0 bridgehead atoms. The van der Waals surface area contributed by atoms with Gasteiger partial charge >= 0.3 is 0 Å². The number of ether oxygens (including phenoxy) is 1. The molecule has 0 aliphatic carbocycles. The quantitative estimate of drug-likeness (QED) is 0.489. The van der Waals surface area contributed by atoms with E-state index in [1.807, 2.05) is 37.3 Å². The van der Waals surface area contributed by atoms with Crippen LogP contribution in [0.4, 0.5) is 11.4 Å². The number of rotatable bonds is 4. The fourth-order valence-electron chi connectivity index (χ4n) is 3.38. The molecule has 1 heterocycles. The van der Waals surface area contributed by atoms with Crippen molar-refractivity contribution in [3.8, 4) is 5.75 Å². The van der Waals surface area contributed by atoms with Crippen molar-refractivity contribution in [2.45, 2.75) is 20.5 Å². The topological polar surface area (TPSA) is 54.4 Å². The second kappa shape index (κ2) is 6.89. The van der Waals surface area contributed by atoms with E-state index in [4.69, 9.17) is 9.72 Å². The van der Waals surface area contributed by atoms with E-state index in [2.05, 4.69) is 36.5 Å². The predicted octanol–water partition coefficient (Wildman–Crippen LogP) is 5.25. The van der Waals surface area contributed by atoms with E-state index >= 15 is 0 Å². The van der Waals surface area contributed by atoms with Crippen molar-refractivity contribution >= 4 is 33.2 Å². The Bertz CT molecular complexity index is 1130. The molecule has 1 aromatic heterocycles. The van der Waals surface area contributed by atoms with Gasteiger partial charge in [0.1, 0.15) is 5.75 Å². The first-order valence-electron chi connectivity index (χ1n) is 8.94. The standard InChI is InChI=1S/C23H22N2O2/c1-14-4-9-18-20(10-14)25-21-12-22(27-3)15(2)11-19(21)23(18)24-17-7-5-16(13-26)6-8-17/h4-12,26H,13H2,1-3H3,(H,24,25). The molecule has 0 saturated heterocycles. The summed E-state index contributed by atoms with van der Waals surface area (Å²) in [6, 6.07) is 18.2. The molecule has 0 atom stereocenters. The van der Waals surface area contributed by atoms with Crippen molar-refractivity contribution in [1.82, 2.24) is 4.98 Å². The Morgan fingerprint density at radius 3 is 2.37 bits per heavy atom. The maximum absolute atomic E-state index is 9.27. The lowest BCUT2D eigenvalue weighted by Crippen LogP contribution is -1.97. The first-order valence-corrected chi connectivity index (χ1v) is 8.94. The summed E-state index contributed by atoms with van der Waals surface area (Å²) in [4.78, 5) is 4.86. The van der Waals surface area contributed by atoms with Gasteiger partial charge < -0.3 is 15.2 Å². The number of methoxy groups -OCH3 is 1. The second-order valence-electron chi connectivity index (χ2n) is 6.83. The van der Waals surface area contributed by atoms with E-state index in [1.165, 1.54) is 5.56 Å². The zero-order valence-electron chi connectivity index (χ0n) is 15.7. The van der Waals surface area contributed by atoms with Crippen LogP contribution in [-0.2, 0) is 6.61 Å². The number of aromatic nitrogens is 1.